The van der Waals surface area contributed by atoms with Gasteiger partial charge < -0.3 is 14.5 Å². The molecular weight excluding hydrogens is 396 g/mol. The van der Waals surface area contributed by atoms with E-state index in [9.17, 15) is 4.79 Å². The minimum atomic E-state index is -0.250. The van der Waals surface area contributed by atoms with E-state index in [2.05, 4.69) is 22.3 Å². The molecule has 0 radical (unpaired) electrons. The van der Waals surface area contributed by atoms with Crippen LogP contribution in [0.4, 0.5) is 5.00 Å². The fourth-order valence-corrected chi connectivity index (χ4v) is 4.65. The number of thiophene rings is 1. The van der Waals surface area contributed by atoms with Gasteiger partial charge in [-0.3, -0.25) is 9.69 Å². The zero-order valence-corrected chi connectivity index (χ0v) is 17.1. The highest BCUT2D eigenvalue weighted by Gasteiger charge is 2.28. The second-order valence-corrected chi connectivity index (χ2v) is 8.37. The van der Waals surface area contributed by atoms with Gasteiger partial charge >= 0.3 is 0 Å². The maximum absolute atomic E-state index is 12.6. The number of amides is 1. The number of nitrogens with zero attached hydrogens (tertiary/aromatic N) is 1. The van der Waals surface area contributed by atoms with Crippen molar-refractivity contribution in [1.82, 2.24) is 4.90 Å². The summed E-state index contributed by atoms with van der Waals surface area (Å²) in [6.07, 6.45) is 1.50. The maximum atomic E-state index is 12.6. The van der Waals surface area contributed by atoms with Crippen LogP contribution in [-0.2, 0) is 4.74 Å². The van der Waals surface area contributed by atoms with Crippen molar-refractivity contribution in [3.05, 3.63) is 75.5 Å². The third-order valence-electron chi connectivity index (χ3n) is 4.73. The monoisotopic (exact) mass is 416 g/mol. The lowest BCUT2D eigenvalue weighted by atomic mass is 9.98. The smallest absolute Gasteiger partial charge is 0.291 e. The Balaban J connectivity index is 1.72. The summed E-state index contributed by atoms with van der Waals surface area (Å²) in [7, 11) is 0. The van der Waals surface area contributed by atoms with Gasteiger partial charge in [-0.2, -0.15) is 0 Å². The number of rotatable bonds is 5. The number of furan rings is 1. The number of halogens is 1. The normalized spacial score (nSPS) is 16.1. The van der Waals surface area contributed by atoms with E-state index >= 15 is 0 Å². The molecule has 146 valence electrons. The molecular formula is C21H21ClN2O3S. The van der Waals surface area contributed by atoms with Crippen LogP contribution in [0.15, 0.2) is 53.1 Å². The van der Waals surface area contributed by atoms with Gasteiger partial charge in [0.05, 0.1) is 25.5 Å². The number of hydrogen-bond donors (Lipinski definition) is 1. The van der Waals surface area contributed by atoms with Gasteiger partial charge in [0.2, 0.25) is 0 Å². The Labute approximate surface area is 172 Å². The third-order valence-corrected chi connectivity index (χ3v) is 5.94. The van der Waals surface area contributed by atoms with E-state index in [1.807, 2.05) is 25.1 Å². The molecule has 1 aliphatic rings. The Hall–Kier alpha value is -2.12. The molecule has 3 heterocycles. The van der Waals surface area contributed by atoms with Gasteiger partial charge in [-0.05, 0) is 42.8 Å². The van der Waals surface area contributed by atoms with Crippen LogP contribution < -0.4 is 5.32 Å². The summed E-state index contributed by atoms with van der Waals surface area (Å²) in [5.41, 5.74) is 2.16. The highest BCUT2D eigenvalue weighted by molar-refractivity contribution is 7.16. The summed E-state index contributed by atoms with van der Waals surface area (Å²) < 4.78 is 10.8. The Morgan fingerprint density at radius 3 is 2.75 bits per heavy atom. The maximum Gasteiger partial charge on any atom is 0.291 e. The largest absolute Gasteiger partial charge is 0.459 e. The summed E-state index contributed by atoms with van der Waals surface area (Å²) >= 11 is 7.86. The molecule has 0 spiro atoms. The van der Waals surface area contributed by atoms with Gasteiger partial charge in [0.25, 0.3) is 5.91 Å². The lowest BCUT2D eigenvalue weighted by molar-refractivity contribution is 0.0241. The number of aryl methyl sites for hydroxylation is 1. The van der Waals surface area contributed by atoms with Crippen molar-refractivity contribution in [2.75, 3.05) is 31.6 Å². The summed E-state index contributed by atoms with van der Waals surface area (Å²) in [5, 5.41) is 4.56. The third kappa shape index (κ3) is 4.15. The summed E-state index contributed by atoms with van der Waals surface area (Å²) in [6, 6.07) is 13.4. The number of carbonyl (C=O) groups excluding carboxylic acids is 1. The number of morpholine rings is 1. The first-order valence-corrected chi connectivity index (χ1v) is 10.3. The molecule has 0 saturated carbocycles. The SMILES string of the molecule is Cc1cc([C@H](c2cccc(Cl)c2)N2CCOCC2)c(NC(=O)c2ccco2)s1. The Morgan fingerprint density at radius 1 is 1.21 bits per heavy atom. The molecule has 7 heteroatoms. The predicted molar refractivity (Wildman–Crippen MR) is 111 cm³/mol. The van der Waals surface area contributed by atoms with E-state index in [0.29, 0.717) is 24.0 Å². The summed E-state index contributed by atoms with van der Waals surface area (Å²) in [4.78, 5) is 16.1. The molecule has 2 aromatic heterocycles. The molecule has 1 aliphatic heterocycles. The number of anilines is 1. The second kappa shape index (κ2) is 8.49. The van der Waals surface area contributed by atoms with Gasteiger partial charge in [0.15, 0.2) is 5.76 Å². The number of ether oxygens (including phenoxy) is 1. The van der Waals surface area contributed by atoms with Gasteiger partial charge in [-0.1, -0.05) is 23.7 Å². The first-order valence-electron chi connectivity index (χ1n) is 9.14. The van der Waals surface area contributed by atoms with Crippen molar-refractivity contribution in [3.63, 3.8) is 0 Å². The molecule has 1 N–H and O–H groups in total. The Morgan fingerprint density at radius 2 is 2.04 bits per heavy atom. The van der Waals surface area contributed by atoms with Crippen molar-refractivity contribution in [3.8, 4) is 0 Å². The van der Waals surface area contributed by atoms with Crippen LogP contribution in [0.2, 0.25) is 5.02 Å². The zero-order valence-electron chi connectivity index (χ0n) is 15.5. The molecule has 28 heavy (non-hydrogen) atoms. The second-order valence-electron chi connectivity index (χ2n) is 6.68. The van der Waals surface area contributed by atoms with Crippen LogP contribution in [0.25, 0.3) is 0 Å². The van der Waals surface area contributed by atoms with Crippen LogP contribution in [0.1, 0.15) is 32.6 Å². The summed E-state index contributed by atoms with van der Waals surface area (Å²) in [5.74, 6) is 0.0441. The molecule has 4 rings (SSSR count). The van der Waals surface area contributed by atoms with E-state index in [0.717, 1.165) is 34.1 Å². The van der Waals surface area contributed by atoms with E-state index < -0.39 is 0 Å². The molecule has 0 aliphatic carbocycles. The van der Waals surface area contributed by atoms with Crippen LogP contribution in [0.3, 0.4) is 0 Å². The molecule has 1 fully saturated rings. The molecule has 1 amide bonds. The average molecular weight is 417 g/mol. The minimum Gasteiger partial charge on any atom is -0.459 e. The van der Waals surface area contributed by atoms with E-state index in [-0.39, 0.29) is 11.9 Å². The van der Waals surface area contributed by atoms with Crippen LogP contribution >= 0.6 is 22.9 Å². The topological polar surface area (TPSA) is 54.7 Å². The molecule has 1 saturated heterocycles. The van der Waals surface area contributed by atoms with Crippen molar-refractivity contribution < 1.29 is 13.9 Å². The van der Waals surface area contributed by atoms with E-state index in [4.69, 9.17) is 20.8 Å². The van der Waals surface area contributed by atoms with E-state index in [1.165, 1.54) is 6.26 Å². The molecule has 1 aromatic carbocycles. The van der Waals surface area contributed by atoms with E-state index in [1.54, 1.807) is 23.5 Å². The number of nitrogens with one attached hydrogen (secondary N) is 1. The van der Waals surface area contributed by atoms with Crippen molar-refractivity contribution in [1.29, 1.82) is 0 Å². The molecule has 0 unspecified atom stereocenters. The van der Waals surface area contributed by atoms with Gasteiger partial charge in [0.1, 0.15) is 5.00 Å². The van der Waals surface area contributed by atoms with Crippen molar-refractivity contribution in [2.24, 2.45) is 0 Å². The Bertz CT molecular complexity index is 948. The first kappa shape index (κ1) is 19.2. The van der Waals surface area contributed by atoms with Crippen LogP contribution in [0, 0.1) is 6.92 Å². The highest BCUT2D eigenvalue weighted by Crippen LogP contribution is 2.40. The van der Waals surface area contributed by atoms with Crippen molar-refractivity contribution >= 4 is 33.8 Å². The minimum absolute atomic E-state index is 0.0144. The average Bonchev–Trinajstić information content (AvgIpc) is 3.34. The van der Waals surface area contributed by atoms with Crippen LogP contribution in [-0.4, -0.2) is 37.1 Å². The number of carbonyl (C=O) groups is 1. The number of hydrogen-bond acceptors (Lipinski definition) is 5. The standard InChI is InChI=1S/C21H21ClN2O3S/c1-14-12-17(21(28-14)23-20(25)18-6-3-9-27-18)19(24-7-10-26-11-8-24)15-4-2-5-16(22)13-15/h2-6,9,12-13,19H,7-8,10-11H2,1H3,(H,23,25)/t19-/m0/s1. The van der Waals surface area contributed by atoms with Crippen molar-refractivity contribution in [2.45, 2.75) is 13.0 Å². The predicted octanol–water partition coefficient (Wildman–Crippen LogP) is 4.98. The fourth-order valence-electron chi connectivity index (χ4n) is 3.51. The summed E-state index contributed by atoms with van der Waals surface area (Å²) in [6.45, 7) is 5.06. The number of benzene rings is 1. The van der Waals surface area contributed by atoms with Gasteiger partial charge in [-0.25, -0.2) is 0 Å². The lowest BCUT2D eigenvalue weighted by Crippen LogP contribution is -2.39. The zero-order chi connectivity index (χ0) is 19.5. The molecule has 3 aromatic rings. The molecule has 0 bridgehead atoms. The molecule has 5 nitrogen and oxygen atoms in total. The van der Waals surface area contributed by atoms with Crippen LogP contribution in [0.5, 0.6) is 0 Å². The van der Waals surface area contributed by atoms with Gasteiger partial charge in [0, 0.05) is 28.6 Å². The Kier molecular flexibility index (Phi) is 5.82. The fraction of sp³-hybridized carbons (Fsp3) is 0.286. The molecule has 1 atom stereocenters. The van der Waals surface area contributed by atoms with Gasteiger partial charge in [-0.15, -0.1) is 11.3 Å². The first-order chi connectivity index (χ1) is 13.6. The quantitative estimate of drug-likeness (QED) is 0.637. The lowest BCUT2D eigenvalue weighted by Gasteiger charge is -2.35. The highest BCUT2D eigenvalue weighted by atomic mass is 35.5.